The maximum atomic E-state index is 12.1. The summed E-state index contributed by atoms with van der Waals surface area (Å²) in [5, 5.41) is 12.9. The maximum Gasteiger partial charge on any atom is 0.305 e. The number of hydrogen-bond acceptors (Lipinski definition) is 3. The fourth-order valence-electron chi connectivity index (χ4n) is 1.97. The minimum absolute atomic E-state index is 0.338. The van der Waals surface area contributed by atoms with E-state index in [9.17, 15) is 14.4 Å². The zero-order chi connectivity index (χ0) is 15.4. The molecular formula is C15H14N2O4. The van der Waals surface area contributed by atoms with E-state index < -0.39 is 30.2 Å². The lowest BCUT2D eigenvalue weighted by Gasteiger charge is -2.13. The highest BCUT2D eigenvalue weighted by Crippen LogP contribution is 2.15. The number of carboxylic acid groups (broad SMARTS) is 1. The summed E-state index contributed by atoms with van der Waals surface area (Å²) in [5.74, 6) is -2.63. The number of fused-ring (bicyclic) bond motifs is 1. The van der Waals surface area contributed by atoms with Gasteiger partial charge in [0.1, 0.15) is 6.04 Å². The molecule has 0 aliphatic rings. The van der Waals surface area contributed by atoms with E-state index in [4.69, 9.17) is 10.8 Å². The van der Waals surface area contributed by atoms with Crippen molar-refractivity contribution in [1.82, 2.24) is 5.32 Å². The number of carbonyl (C=O) groups excluding carboxylic acids is 2. The third-order valence-electron chi connectivity index (χ3n) is 3.04. The van der Waals surface area contributed by atoms with Crippen LogP contribution in [0.25, 0.3) is 10.8 Å². The van der Waals surface area contributed by atoms with Gasteiger partial charge >= 0.3 is 5.97 Å². The average molecular weight is 286 g/mol. The molecule has 0 saturated carbocycles. The van der Waals surface area contributed by atoms with Crippen molar-refractivity contribution >= 4 is 28.6 Å². The number of hydrogen-bond donors (Lipinski definition) is 3. The van der Waals surface area contributed by atoms with Crippen molar-refractivity contribution in [3.8, 4) is 0 Å². The zero-order valence-corrected chi connectivity index (χ0v) is 11.1. The van der Waals surface area contributed by atoms with Gasteiger partial charge in [0.25, 0.3) is 5.91 Å². The number of rotatable bonds is 5. The maximum absolute atomic E-state index is 12.1. The molecule has 2 amide bonds. The van der Waals surface area contributed by atoms with E-state index in [0.29, 0.717) is 5.56 Å². The summed E-state index contributed by atoms with van der Waals surface area (Å²) in [6, 6.07) is 11.3. The molecule has 2 aromatic carbocycles. The van der Waals surface area contributed by atoms with Crippen molar-refractivity contribution in [2.75, 3.05) is 0 Å². The lowest BCUT2D eigenvalue weighted by Crippen LogP contribution is -2.45. The minimum atomic E-state index is -1.23. The van der Waals surface area contributed by atoms with Gasteiger partial charge in [0.2, 0.25) is 5.91 Å². The molecule has 0 bridgehead atoms. The molecule has 0 aliphatic carbocycles. The van der Waals surface area contributed by atoms with Gasteiger partial charge in [0.05, 0.1) is 6.42 Å². The summed E-state index contributed by atoms with van der Waals surface area (Å²) < 4.78 is 0. The molecule has 6 nitrogen and oxygen atoms in total. The molecule has 4 N–H and O–H groups in total. The Morgan fingerprint density at radius 1 is 1.10 bits per heavy atom. The van der Waals surface area contributed by atoms with Crippen LogP contribution in [-0.2, 0) is 9.59 Å². The SMILES string of the molecule is NC(=O)[C@@H](CC(=O)O)NC(=O)c1ccc2ccccc2c1. The Morgan fingerprint density at radius 2 is 1.76 bits per heavy atom. The molecule has 0 unspecified atom stereocenters. The van der Waals surface area contributed by atoms with E-state index in [-0.39, 0.29) is 0 Å². The van der Waals surface area contributed by atoms with Crippen LogP contribution in [-0.4, -0.2) is 28.9 Å². The van der Waals surface area contributed by atoms with Gasteiger partial charge in [-0.3, -0.25) is 14.4 Å². The highest BCUT2D eigenvalue weighted by atomic mass is 16.4. The number of nitrogens with two attached hydrogens (primary N) is 1. The van der Waals surface area contributed by atoms with E-state index in [2.05, 4.69) is 5.32 Å². The zero-order valence-electron chi connectivity index (χ0n) is 11.1. The average Bonchev–Trinajstić information content (AvgIpc) is 2.45. The molecule has 0 heterocycles. The van der Waals surface area contributed by atoms with Crippen LogP contribution in [0.4, 0.5) is 0 Å². The number of aliphatic carboxylic acids is 1. The first kappa shape index (κ1) is 14.5. The second-order valence-electron chi connectivity index (χ2n) is 4.59. The first-order chi connectivity index (χ1) is 9.97. The highest BCUT2D eigenvalue weighted by molar-refractivity contribution is 6.01. The molecule has 1 atom stereocenters. The first-order valence-corrected chi connectivity index (χ1v) is 6.28. The van der Waals surface area contributed by atoms with Crippen molar-refractivity contribution in [3.05, 3.63) is 48.0 Å². The molecule has 0 radical (unpaired) electrons. The van der Waals surface area contributed by atoms with Crippen LogP contribution in [0.1, 0.15) is 16.8 Å². The predicted molar refractivity (Wildman–Crippen MR) is 76.6 cm³/mol. The molecular weight excluding hydrogens is 272 g/mol. The van der Waals surface area contributed by atoms with Crippen molar-refractivity contribution in [2.24, 2.45) is 5.73 Å². The van der Waals surface area contributed by atoms with Crippen LogP contribution in [0.2, 0.25) is 0 Å². The normalized spacial score (nSPS) is 11.8. The molecule has 6 heteroatoms. The Balaban J connectivity index is 2.20. The van der Waals surface area contributed by atoms with Crippen LogP contribution in [0.5, 0.6) is 0 Å². The summed E-state index contributed by atoms with van der Waals surface area (Å²) in [4.78, 5) is 33.9. The van der Waals surface area contributed by atoms with Crippen molar-refractivity contribution in [1.29, 1.82) is 0 Å². The molecule has 2 aromatic rings. The fourth-order valence-corrected chi connectivity index (χ4v) is 1.97. The largest absolute Gasteiger partial charge is 0.481 e. The molecule has 21 heavy (non-hydrogen) atoms. The number of nitrogens with one attached hydrogen (secondary N) is 1. The number of benzene rings is 2. The Hall–Kier alpha value is -2.89. The van der Waals surface area contributed by atoms with E-state index in [1.807, 2.05) is 24.3 Å². The Labute approximate surface area is 120 Å². The minimum Gasteiger partial charge on any atom is -0.481 e. The van der Waals surface area contributed by atoms with Gasteiger partial charge in [-0.1, -0.05) is 30.3 Å². The van der Waals surface area contributed by atoms with Crippen molar-refractivity contribution in [2.45, 2.75) is 12.5 Å². The predicted octanol–water partition coefficient (Wildman–Crippen LogP) is 0.898. The summed E-state index contributed by atoms with van der Waals surface area (Å²) in [7, 11) is 0. The smallest absolute Gasteiger partial charge is 0.305 e. The van der Waals surface area contributed by atoms with Crippen LogP contribution in [0.15, 0.2) is 42.5 Å². The fraction of sp³-hybridized carbons (Fsp3) is 0.133. The Morgan fingerprint density at radius 3 is 2.38 bits per heavy atom. The number of amides is 2. The van der Waals surface area contributed by atoms with E-state index >= 15 is 0 Å². The van der Waals surface area contributed by atoms with Crippen LogP contribution in [0.3, 0.4) is 0 Å². The molecule has 0 aliphatic heterocycles. The Bertz CT molecular complexity index is 712. The number of primary amides is 1. The second-order valence-corrected chi connectivity index (χ2v) is 4.59. The van der Waals surface area contributed by atoms with Gasteiger partial charge in [-0.15, -0.1) is 0 Å². The van der Waals surface area contributed by atoms with Crippen LogP contribution < -0.4 is 11.1 Å². The van der Waals surface area contributed by atoms with E-state index in [1.54, 1.807) is 18.2 Å². The quantitative estimate of drug-likeness (QED) is 0.758. The third kappa shape index (κ3) is 3.56. The van der Waals surface area contributed by atoms with Gasteiger partial charge < -0.3 is 16.2 Å². The lowest BCUT2D eigenvalue weighted by atomic mass is 10.1. The molecule has 0 aromatic heterocycles. The topological polar surface area (TPSA) is 109 Å². The van der Waals surface area contributed by atoms with Crippen LogP contribution >= 0.6 is 0 Å². The van der Waals surface area contributed by atoms with Crippen molar-refractivity contribution in [3.63, 3.8) is 0 Å². The molecule has 0 spiro atoms. The molecule has 0 saturated heterocycles. The number of carboxylic acids is 1. The highest BCUT2D eigenvalue weighted by Gasteiger charge is 2.21. The lowest BCUT2D eigenvalue weighted by molar-refractivity contribution is -0.139. The monoisotopic (exact) mass is 286 g/mol. The van der Waals surface area contributed by atoms with Crippen LogP contribution in [0, 0.1) is 0 Å². The first-order valence-electron chi connectivity index (χ1n) is 6.28. The Kier molecular flexibility index (Phi) is 4.18. The summed E-state index contributed by atoms with van der Waals surface area (Å²) in [5.41, 5.74) is 5.42. The van der Waals surface area contributed by atoms with Gasteiger partial charge in [-0.25, -0.2) is 0 Å². The second kappa shape index (κ2) is 6.04. The summed E-state index contributed by atoms with van der Waals surface area (Å²) in [6.45, 7) is 0. The summed E-state index contributed by atoms with van der Waals surface area (Å²) in [6.07, 6.45) is -0.547. The third-order valence-corrected chi connectivity index (χ3v) is 3.04. The van der Waals surface area contributed by atoms with Gasteiger partial charge in [-0.2, -0.15) is 0 Å². The van der Waals surface area contributed by atoms with Gasteiger partial charge in [0, 0.05) is 5.56 Å². The van der Waals surface area contributed by atoms with Crippen molar-refractivity contribution < 1.29 is 19.5 Å². The molecule has 0 fully saturated rings. The summed E-state index contributed by atoms with van der Waals surface area (Å²) >= 11 is 0. The van der Waals surface area contributed by atoms with E-state index in [1.165, 1.54) is 0 Å². The van der Waals surface area contributed by atoms with Gasteiger partial charge in [0.15, 0.2) is 0 Å². The molecule has 2 rings (SSSR count). The molecule has 108 valence electrons. The van der Waals surface area contributed by atoms with Gasteiger partial charge in [-0.05, 0) is 22.9 Å². The standard InChI is InChI=1S/C15H14N2O4/c16-14(20)12(8-13(18)19)17-15(21)11-6-5-9-3-1-2-4-10(9)7-11/h1-7,12H,8H2,(H2,16,20)(H,17,21)(H,18,19)/t12-/m1/s1. The van der Waals surface area contributed by atoms with E-state index in [0.717, 1.165) is 10.8 Å². The number of carbonyl (C=O) groups is 3.